The Morgan fingerprint density at radius 1 is 1.24 bits per heavy atom. The highest BCUT2D eigenvalue weighted by Gasteiger charge is 2.19. The van der Waals surface area contributed by atoms with Crippen LogP contribution in [0.4, 0.5) is 14.5 Å². The molecule has 0 atom stereocenters. The molecular weight excluding hydrogens is 322 g/mol. The molecule has 1 heterocycles. The maximum Gasteiger partial charge on any atom is 0.266 e. The van der Waals surface area contributed by atoms with E-state index >= 15 is 0 Å². The van der Waals surface area contributed by atoms with Gasteiger partial charge < -0.3 is 5.32 Å². The number of nitrogens with two attached hydrogens (primary N) is 1. The van der Waals surface area contributed by atoms with E-state index in [1.54, 1.807) is 6.92 Å². The number of benzene rings is 1. The van der Waals surface area contributed by atoms with Gasteiger partial charge in [-0.25, -0.2) is 22.3 Å². The molecule has 0 aliphatic heterocycles. The molecule has 0 aliphatic rings. The Kier molecular flexibility index (Phi) is 4.08. The summed E-state index contributed by atoms with van der Waals surface area (Å²) in [5.74, 6) is -2.75. The molecule has 0 radical (unpaired) electrons. The lowest BCUT2D eigenvalue weighted by atomic mass is 10.2. The first kappa shape index (κ1) is 15.5. The molecule has 0 fully saturated rings. The van der Waals surface area contributed by atoms with Gasteiger partial charge in [-0.2, -0.15) is 0 Å². The second-order valence-electron chi connectivity index (χ2n) is 4.21. The van der Waals surface area contributed by atoms with Crippen molar-refractivity contribution in [3.8, 4) is 0 Å². The van der Waals surface area contributed by atoms with Crippen LogP contribution >= 0.6 is 11.3 Å². The third-order valence-electron chi connectivity index (χ3n) is 2.56. The smallest absolute Gasteiger partial charge is 0.266 e. The van der Waals surface area contributed by atoms with E-state index in [-0.39, 0.29) is 14.8 Å². The summed E-state index contributed by atoms with van der Waals surface area (Å²) >= 11 is 0.708. The largest absolute Gasteiger partial charge is 0.321 e. The van der Waals surface area contributed by atoms with Crippen molar-refractivity contribution in [2.75, 3.05) is 5.32 Å². The molecule has 1 aromatic carbocycles. The van der Waals surface area contributed by atoms with E-state index in [1.807, 2.05) is 0 Å². The zero-order valence-electron chi connectivity index (χ0n) is 10.7. The van der Waals surface area contributed by atoms with Crippen molar-refractivity contribution in [1.29, 1.82) is 0 Å². The summed E-state index contributed by atoms with van der Waals surface area (Å²) in [6.45, 7) is 1.55. The van der Waals surface area contributed by atoms with Crippen LogP contribution < -0.4 is 10.5 Å². The van der Waals surface area contributed by atoms with E-state index in [4.69, 9.17) is 5.14 Å². The molecule has 1 amide bonds. The van der Waals surface area contributed by atoms with Crippen LogP contribution in [0.5, 0.6) is 0 Å². The van der Waals surface area contributed by atoms with Crippen molar-refractivity contribution in [3.63, 3.8) is 0 Å². The normalized spacial score (nSPS) is 11.4. The minimum Gasteiger partial charge on any atom is -0.321 e. The highest BCUT2D eigenvalue weighted by Crippen LogP contribution is 2.26. The summed E-state index contributed by atoms with van der Waals surface area (Å²) in [7, 11) is -3.89. The fourth-order valence-electron chi connectivity index (χ4n) is 1.58. The Morgan fingerprint density at radius 3 is 2.43 bits per heavy atom. The van der Waals surface area contributed by atoms with Gasteiger partial charge in [-0.15, -0.1) is 11.3 Å². The quantitative estimate of drug-likeness (QED) is 0.903. The van der Waals surface area contributed by atoms with E-state index in [1.165, 1.54) is 12.1 Å². The Balaban J connectivity index is 2.28. The molecule has 112 valence electrons. The molecule has 5 nitrogen and oxygen atoms in total. The van der Waals surface area contributed by atoms with Gasteiger partial charge in [0.1, 0.15) is 4.21 Å². The molecule has 9 heteroatoms. The Bertz CT molecular complexity index is 816. The van der Waals surface area contributed by atoms with Crippen molar-refractivity contribution < 1.29 is 22.0 Å². The van der Waals surface area contributed by atoms with Gasteiger partial charge >= 0.3 is 0 Å². The summed E-state index contributed by atoms with van der Waals surface area (Å²) in [4.78, 5) is 12.1. The SMILES string of the molecule is Cc1cc(S(N)(=O)=O)sc1C(=O)Nc1ccc(F)c(F)c1. The highest BCUT2D eigenvalue weighted by atomic mass is 32.2. The fraction of sp³-hybridized carbons (Fsp3) is 0.0833. The number of carbonyl (C=O) groups is 1. The van der Waals surface area contributed by atoms with E-state index in [2.05, 4.69) is 5.32 Å². The first-order valence-corrected chi connectivity index (χ1v) is 7.94. The van der Waals surface area contributed by atoms with Gasteiger partial charge in [0.05, 0.1) is 4.88 Å². The number of halogens is 2. The maximum atomic E-state index is 13.1. The number of sulfonamides is 1. The zero-order chi connectivity index (χ0) is 15.8. The monoisotopic (exact) mass is 332 g/mol. The summed E-state index contributed by atoms with van der Waals surface area (Å²) in [6.07, 6.45) is 0. The number of aryl methyl sites for hydroxylation is 1. The van der Waals surface area contributed by atoms with Crippen LogP contribution in [0, 0.1) is 18.6 Å². The van der Waals surface area contributed by atoms with Crippen LogP contribution in [0.25, 0.3) is 0 Å². The van der Waals surface area contributed by atoms with Crippen molar-refractivity contribution in [2.45, 2.75) is 11.1 Å². The summed E-state index contributed by atoms with van der Waals surface area (Å²) in [5, 5.41) is 7.35. The van der Waals surface area contributed by atoms with E-state index in [0.29, 0.717) is 16.9 Å². The van der Waals surface area contributed by atoms with Gasteiger partial charge in [-0.05, 0) is 30.7 Å². The van der Waals surface area contributed by atoms with Crippen LogP contribution in [0.3, 0.4) is 0 Å². The number of carbonyl (C=O) groups excluding carboxylic acids is 1. The second kappa shape index (κ2) is 5.51. The van der Waals surface area contributed by atoms with Crippen molar-refractivity contribution in [3.05, 3.63) is 46.3 Å². The van der Waals surface area contributed by atoms with Crippen molar-refractivity contribution in [1.82, 2.24) is 0 Å². The number of primary sulfonamides is 1. The second-order valence-corrected chi connectivity index (χ2v) is 7.05. The predicted molar refractivity (Wildman–Crippen MR) is 74.7 cm³/mol. The summed E-state index contributed by atoms with van der Waals surface area (Å²) in [5.41, 5.74) is 0.480. The van der Waals surface area contributed by atoms with E-state index < -0.39 is 27.6 Å². The maximum absolute atomic E-state index is 13.1. The first-order chi connectivity index (χ1) is 9.68. The minimum absolute atomic E-state index is 0.0591. The molecule has 3 N–H and O–H groups in total. The number of thiophene rings is 1. The molecule has 0 saturated heterocycles. The van der Waals surface area contributed by atoms with Gasteiger partial charge in [0.2, 0.25) is 10.0 Å². The van der Waals surface area contributed by atoms with Crippen LogP contribution in [0.15, 0.2) is 28.5 Å². The molecule has 0 aliphatic carbocycles. The summed E-state index contributed by atoms with van der Waals surface area (Å²) < 4.78 is 48.2. The Hall–Kier alpha value is -1.84. The zero-order valence-corrected chi connectivity index (χ0v) is 12.3. The number of anilines is 1. The van der Waals surface area contributed by atoms with Crippen molar-refractivity contribution >= 4 is 33.0 Å². The van der Waals surface area contributed by atoms with Gasteiger partial charge in [-0.3, -0.25) is 4.79 Å². The Morgan fingerprint density at radius 2 is 1.90 bits per heavy atom. The minimum atomic E-state index is -3.89. The van der Waals surface area contributed by atoms with Crippen LogP contribution in [0.1, 0.15) is 15.2 Å². The lowest BCUT2D eigenvalue weighted by molar-refractivity contribution is 0.103. The highest BCUT2D eigenvalue weighted by molar-refractivity contribution is 7.91. The fourth-order valence-corrected chi connectivity index (χ4v) is 3.44. The lowest BCUT2D eigenvalue weighted by Crippen LogP contribution is -2.12. The number of hydrogen-bond donors (Lipinski definition) is 2. The Labute approximate surface area is 123 Å². The molecule has 0 saturated carbocycles. The van der Waals surface area contributed by atoms with E-state index in [9.17, 15) is 22.0 Å². The molecule has 0 spiro atoms. The summed E-state index contributed by atoms with van der Waals surface area (Å²) in [6, 6.07) is 4.18. The lowest BCUT2D eigenvalue weighted by Gasteiger charge is -2.04. The topological polar surface area (TPSA) is 89.3 Å². The predicted octanol–water partition coefficient (Wildman–Crippen LogP) is 2.23. The molecule has 2 aromatic rings. The average molecular weight is 332 g/mol. The molecule has 0 unspecified atom stereocenters. The number of hydrogen-bond acceptors (Lipinski definition) is 4. The van der Waals surface area contributed by atoms with Crippen LogP contribution in [-0.2, 0) is 10.0 Å². The third-order valence-corrected chi connectivity index (χ3v) is 5.22. The number of nitrogens with one attached hydrogen (secondary N) is 1. The average Bonchev–Trinajstić information content (AvgIpc) is 2.76. The van der Waals surface area contributed by atoms with Crippen LogP contribution in [-0.4, -0.2) is 14.3 Å². The number of amides is 1. The molecule has 2 rings (SSSR count). The third kappa shape index (κ3) is 3.43. The van der Waals surface area contributed by atoms with E-state index in [0.717, 1.165) is 12.1 Å². The van der Waals surface area contributed by atoms with Gasteiger partial charge in [0.15, 0.2) is 11.6 Å². The van der Waals surface area contributed by atoms with Gasteiger partial charge in [0.25, 0.3) is 5.91 Å². The van der Waals surface area contributed by atoms with Crippen molar-refractivity contribution in [2.24, 2.45) is 5.14 Å². The van der Waals surface area contributed by atoms with Crippen LogP contribution in [0.2, 0.25) is 0 Å². The number of rotatable bonds is 3. The first-order valence-electron chi connectivity index (χ1n) is 5.58. The molecular formula is C12H10F2N2O3S2. The van der Waals surface area contributed by atoms with Gasteiger partial charge in [0, 0.05) is 11.8 Å². The molecule has 0 bridgehead atoms. The molecule has 21 heavy (non-hydrogen) atoms. The molecule has 1 aromatic heterocycles. The van der Waals surface area contributed by atoms with Gasteiger partial charge in [-0.1, -0.05) is 0 Å². The standard InChI is InChI=1S/C12H10F2N2O3S2/c1-6-4-10(21(15,18)19)20-11(6)12(17)16-7-2-3-8(13)9(14)5-7/h2-5H,1H3,(H,16,17)(H2,15,18,19).